The number of halogens is 1. The van der Waals surface area contributed by atoms with E-state index in [0.717, 1.165) is 29.3 Å². The minimum Gasteiger partial charge on any atom is -0.457 e. The van der Waals surface area contributed by atoms with Crippen LogP contribution in [0.25, 0.3) is 11.8 Å². The minimum atomic E-state index is 0.699. The molecule has 0 unspecified atom stereocenters. The van der Waals surface area contributed by atoms with Crippen LogP contribution in [0.4, 0.5) is 0 Å². The van der Waals surface area contributed by atoms with Gasteiger partial charge in [0.2, 0.25) is 0 Å². The van der Waals surface area contributed by atoms with Crippen molar-refractivity contribution in [2.24, 2.45) is 0 Å². The molecule has 1 aromatic heterocycles. The molecule has 0 atom stereocenters. The molecule has 0 aliphatic carbocycles. The van der Waals surface area contributed by atoms with Gasteiger partial charge in [0.05, 0.1) is 0 Å². The Morgan fingerprint density at radius 3 is 2.25 bits per heavy atom. The van der Waals surface area contributed by atoms with Gasteiger partial charge in [0, 0.05) is 23.1 Å². The summed E-state index contributed by atoms with van der Waals surface area (Å²) in [5.74, 6) is 2.56. The van der Waals surface area contributed by atoms with Crippen LogP contribution in [0.15, 0.2) is 60.9 Å². The molecule has 0 spiro atoms. The number of allylic oxidation sites excluding steroid dienone is 1. The highest BCUT2D eigenvalue weighted by molar-refractivity contribution is 6.30. The number of ether oxygens (including phenoxy) is 1. The van der Waals surface area contributed by atoms with Crippen LogP contribution in [0, 0.1) is 6.92 Å². The maximum absolute atomic E-state index is 5.88. The van der Waals surface area contributed by atoms with Crippen molar-refractivity contribution in [3.63, 3.8) is 0 Å². The van der Waals surface area contributed by atoms with Crippen molar-refractivity contribution >= 4 is 23.4 Å². The number of aryl methyl sites for hydroxylation is 1. The van der Waals surface area contributed by atoms with Crippen LogP contribution in [0.2, 0.25) is 5.02 Å². The molecule has 0 aliphatic rings. The normalized spacial score (nSPS) is 11.5. The molecule has 0 N–H and O–H groups in total. The summed E-state index contributed by atoms with van der Waals surface area (Å²) in [4.78, 5) is 4.29. The number of benzene rings is 2. The van der Waals surface area contributed by atoms with E-state index in [1.807, 2.05) is 67.8 Å². The van der Waals surface area contributed by atoms with Crippen LogP contribution in [-0.2, 0) is 0 Å². The molecule has 3 aromatic rings. The summed E-state index contributed by atoms with van der Waals surface area (Å²) >= 11 is 5.88. The van der Waals surface area contributed by atoms with Crippen LogP contribution in [0.1, 0.15) is 24.7 Å². The lowest BCUT2D eigenvalue weighted by molar-refractivity contribution is 0.482. The molecular formula is C20H19ClN2O. The number of rotatable bonds is 5. The van der Waals surface area contributed by atoms with E-state index < -0.39 is 0 Å². The van der Waals surface area contributed by atoms with E-state index in [9.17, 15) is 0 Å². The van der Waals surface area contributed by atoms with Gasteiger partial charge >= 0.3 is 0 Å². The van der Waals surface area contributed by atoms with Crippen molar-refractivity contribution in [2.75, 3.05) is 0 Å². The molecule has 0 amide bonds. The van der Waals surface area contributed by atoms with E-state index in [2.05, 4.69) is 22.6 Å². The molecule has 0 fully saturated rings. The van der Waals surface area contributed by atoms with Crippen molar-refractivity contribution in [1.29, 1.82) is 0 Å². The molecule has 1 heterocycles. The molecule has 0 bridgehead atoms. The zero-order valence-electron chi connectivity index (χ0n) is 13.7. The lowest BCUT2D eigenvalue weighted by Crippen LogP contribution is -1.97. The van der Waals surface area contributed by atoms with Crippen molar-refractivity contribution in [3.8, 4) is 11.5 Å². The van der Waals surface area contributed by atoms with Crippen molar-refractivity contribution in [3.05, 3.63) is 77.3 Å². The Bertz CT molecular complexity index is 833. The zero-order valence-corrected chi connectivity index (χ0v) is 14.5. The molecule has 4 heteroatoms. The van der Waals surface area contributed by atoms with Crippen LogP contribution in [-0.4, -0.2) is 9.55 Å². The van der Waals surface area contributed by atoms with E-state index in [1.165, 1.54) is 5.70 Å². The quantitative estimate of drug-likeness (QED) is 0.566. The number of nitrogens with zero attached hydrogens (tertiary/aromatic N) is 2. The second-order valence-electron chi connectivity index (χ2n) is 5.46. The second kappa shape index (κ2) is 7.37. The highest BCUT2D eigenvalue weighted by Gasteiger charge is 2.03. The standard InChI is InChI=1S/C20H19ClN2O/c1-3-18(23-13-12-22-15(23)2)14-16-4-8-19(9-5-16)24-20-10-6-17(21)7-11-20/h4-14H,3H2,1-2H3. The number of hydrogen-bond acceptors (Lipinski definition) is 2. The van der Waals surface area contributed by atoms with Gasteiger partial charge in [-0.1, -0.05) is 30.7 Å². The maximum Gasteiger partial charge on any atom is 0.127 e. The Balaban J connectivity index is 1.77. The van der Waals surface area contributed by atoms with E-state index in [4.69, 9.17) is 16.3 Å². The number of hydrogen-bond donors (Lipinski definition) is 0. The van der Waals surface area contributed by atoms with Gasteiger partial charge in [0.1, 0.15) is 17.3 Å². The van der Waals surface area contributed by atoms with E-state index in [1.54, 1.807) is 0 Å². The van der Waals surface area contributed by atoms with Gasteiger partial charge in [-0.2, -0.15) is 0 Å². The summed E-state index contributed by atoms with van der Waals surface area (Å²) < 4.78 is 7.93. The van der Waals surface area contributed by atoms with Crippen LogP contribution >= 0.6 is 11.6 Å². The van der Waals surface area contributed by atoms with Gasteiger partial charge in [-0.25, -0.2) is 4.98 Å². The largest absolute Gasteiger partial charge is 0.457 e. The summed E-state index contributed by atoms with van der Waals surface area (Å²) in [7, 11) is 0. The zero-order chi connectivity index (χ0) is 16.9. The van der Waals surface area contributed by atoms with Gasteiger partial charge in [0.15, 0.2) is 0 Å². The SMILES string of the molecule is CCC(=Cc1ccc(Oc2ccc(Cl)cc2)cc1)n1ccnc1C. The van der Waals surface area contributed by atoms with Crippen molar-refractivity contribution < 1.29 is 4.74 Å². The van der Waals surface area contributed by atoms with Gasteiger partial charge in [-0.3, -0.25) is 0 Å². The molecule has 0 radical (unpaired) electrons. The Kier molecular flexibility index (Phi) is 5.02. The predicted octanol–water partition coefficient (Wildman–Crippen LogP) is 6.05. The molecule has 0 aliphatic heterocycles. The Labute approximate surface area is 147 Å². The highest BCUT2D eigenvalue weighted by atomic mass is 35.5. The predicted molar refractivity (Wildman–Crippen MR) is 99.4 cm³/mol. The van der Waals surface area contributed by atoms with Crippen molar-refractivity contribution in [2.45, 2.75) is 20.3 Å². The minimum absolute atomic E-state index is 0.699. The lowest BCUT2D eigenvalue weighted by Gasteiger charge is -2.09. The van der Waals surface area contributed by atoms with E-state index in [0.29, 0.717) is 5.02 Å². The summed E-state index contributed by atoms with van der Waals surface area (Å²) in [6.45, 7) is 4.15. The third-order valence-corrected chi connectivity index (χ3v) is 4.01. The lowest BCUT2D eigenvalue weighted by atomic mass is 10.1. The molecule has 0 saturated carbocycles. The molecule has 3 nitrogen and oxygen atoms in total. The highest BCUT2D eigenvalue weighted by Crippen LogP contribution is 2.24. The van der Waals surface area contributed by atoms with Crippen LogP contribution in [0.5, 0.6) is 11.5 Å². The average Bonchev–Trinajstić information content (AvgIpc) is 3.02. The number of imidazole rings is 1. The molecule has 0 saturated heterocycles. The number of aromatic nitrogens is 2. The molecule has 24 heavy (non-hydrogen) atoms. The molecular weight excluding hydrogens is 320 g/mol. The first-order valence-electron chi connectivity index (χ1n) is 7.90. The first-order chi connectivity index (χ1) is 11.7. The van der Waals surface area contributed by atoms with Gasteiger partial charge in [-0.15, -0.1) is 0 Å². The molecule has 3 rings (SSSR count). The van der Waals surface area contributed by atoms with E-state index >= 15 is 0 Å². The first-order valence-corrected chi connectivity index (χ1v) is 8.28. The second-order valence-corrected chi connectivity index (χ2v) is 5.90. The average molecular weight is 339 g/mol. The topological polar surface area (TPSA) is 27.1 Å². The monoisotopic (exact) mass is 338 g/mol. The summed E-state index contributed by atoms with van der Waals surface area (Å²) in [6, 6.07) is 15.4. The van der Waals surface area contributed by atoms with Gasteiger partial charge in [0.25, 0.3) is 0 Å². The summed E-state index contributed by atoms with van der Waals surface area (Å²) in [5, 5.41) is 0.699. The van der Waals surface area contributed by atoms with Crippen LogP contribution in [0.3, 0.4) is 0 Å². The Morgan fingerprint density at radius 2 is 1.71 bits per heavy atom. The fourth-order valence-electron chi connectivity index (χ4n) is 2.49. The van der Waals surface area contributed by atoms with Crippen LogP contribution < -0.4 is 4.74 Å². The first kappa shape index (κ1) is 16.3. The molecule has 2 aromatic carbocycles. The van der Waals surface area contributed by atoms with E-state index in [-0.39, 0.29) is 0 Å². The van der Waals surface area contributed by atoms with Crippen molar-refractivity contribution in [1.82, 2.24) is 9.55 Å². The Morgan fingerprint density at radius 1 is 1.08 bits per heavy atom. The van der Waals surface area contributed by atoms with Gasteiger partial charge < -0.3 is 9.30 Å². The Hall–Kier alpha value is -2.52. The summed E-state index contributed by atoms with van der Waals surface area (Å²) in [6.07, 6.45) is 6.91. The van der Waals surface area contributed by atoms with Gasteiger partial charge in [-0.05, 0) is 61.4 Å². The maximum atomic E-state index is 5.88. The fourth-order valence-corrected chi connectivity index (χ4v) is 2.61. The summed E-state index contributed by atoms with van der Waals surface area (Å²) in [5.41, 5.74) is 2.33. The third-order valence-electron chi connectivity index (χ3n) is 3.76. The fraction of sp³-hybridized carbons (Fsp3) is 0.150. The third kappa shape index (κ3) is 3.87. The molecule has 122 valence electrons. The smallest absolute Gasteiger partial charge is 0.127 e.